The fraction of sp³-hybridized carbons (Fsp3) is 0.625. The van der Waals surface area contributed by atoms with Crippen molar-refractivity contribution in [2.24, 2.45) is 5.73 Å². The summed E-state index contributed by atoms with van der Waals surface area (Å²) in [6.07, 6.45) is 2.17. The van der Waals surface area contributed by atoms with Gasteiger partial charge in [-0.1, -0.05) is 22.9 Å². The van der Waals surface area contributed by atoms with Crippen molar-refractivity contribution >= 4 is 21.6 Å². The molecule has 0 amide bonds. The van der Waals surface area contributed by atoms with E-state index in [0.29, 0.717) is 0 Å². The van der Waals surface area contributed by atoms with Gasteiger partial charge in [0.2, 0.25) is 0 Å². The lowest BCUT2D eigenvalue weighted by atomic mass is 10.0. The van der Waals surface area contributed by atoms with Gasteiger partial charge in [0.1, 0.15) is 0 Å². The van der Waals surface area contributed by atoms with E-state index < -0.39 is 0 Å². The van der Waals surface area contributed by atoms with Gasteiger partial charge in [-0.2, -0.15) is 0 Å². The van der Waals surface area contributed by atoms with Crippen LogP contribution >= 0.6 is 15.9 Å². The van der Waals surface area contributed by atoms with Gasteiger partial charge < -0.3 is 15.4 Å². The standard InChI is InChI=1S/C16H27BrN2O/c1-5-15(18)11-13-10-14(17)6-7-16(13)19(4)8-9-20-12(2)3/h6-7,10,12,15H,5,8-9,11,18H2,1-4H3. The van der Waals surface area contributed by atoms with Crippen LogP contribution in [-0.4, -0.2) is 32.3 Å². The number of benzene rings is 1. The molecular weight excluding hydrogens is 316 g/mol. The maximum atomic E-state index is 6.11. The number of ether oxygens (including phenoxy) is 1. The lowest BCUT2D eigenvalue weighted by Gasteiger charge is -2.24. The van der Waals surface area contributed by atoms with E-state index in [1.807, 2.05) is 0 Å². The monoisotopic (exact) mass is 342 g/mol. The highest BCUT2D eigenvalue weighted by molar-refractivity contribution is 9.10. The summed E-state index contributed by atoms with van der Waals surface area (Å²) >= 11 is 3.54. The van der Waals surface area contributed by atoms with E-state index in [-0.39, 0.29) is 12.1 Å². The third-order valence-electron chi connectivity index (χ3n) is 3.34. The number of likely N-dealkylation sites (N-methyl/N-ethyl adjacent to an activating group) is 1. The molecule has 114 valence electrons. The second-order valence-corrected chi connectivity index (χ2v) is 6.40. The van der Waals surface area contributed by atoms with Crippen molar-refractivity contribution in [3.05, 3.63) is 28.2 Å². The van der Waals surface area contributed by atoms with Crippen LogP contribution in [-0.2, 0) is 11.2 Å². The zero-order valence-corrected chi connectivity index (χ0v) is 14.6. The fourth-order valence-corrected chi connectivity index (χ4v) is 2.47. The van der Waals surface area contributed by atoms with Crippen LogP contribution in [0.15, 0.2) is 22.7 Å². The molecule has 1 rings (SSSR count). The summed E-state index contributed by atoms with van der Waals surface area (Å²) in [5.74, 6) is 0. The number of nitrogens with two attached hydrogens (primary N) is 1. The molecule has 1 aromatic carbocycles. The second kappa shape index (κ2) is 8.65. The first-order chi connectivity index (χ1) is 9.43. The number of rotatable bonds is 8. The third kappa shape index (κ3) is 5.81. The average Bonchev–Trinajstić information content (AvgIpc) is 2.38. The van der Waals surface area contributed by atoms with Gasteiger partial charge in [-0.3, -0.25) is 0 Å². The Hall–Kier alpha value is -0.580. The Kier molecular flexibility index (Phi) is 7.56. The number of anilines is 1. The highest BCUT2D eigenvalue weighted by Crippen LogP contribution is 2.25. The maximum absolute atomic E-state index is 6.11. The van der Waals surface area contributed by atoms with Crippen LogP contribution in [0.25, 0.3) is 0 Å². The minimum Gasteiger partial charge on any atom is -0.377 e. The first-order valence-electron chi connectivity index (χ1n) is 7.30. The first-order valence-corrected chi connectivity index (χ1v) is 8.10. The minimum absolute atomic E-state index is 0.211. The summed E-state index contributed by atoms with van der Waals surface area (Å²) < 4.78 is 6.73. The summed E-state index contributed by atoms with van der Waals surface area (Å²) in [5.41, 5.74) is 8.64. The van der Waals surface area contributed by atoms with Crippen LogP contribution in [0.1, 0.15) is 32.8 Å². The quantitative estimate of drug-likeness (QED) is 0.784. The smallest absolute Gasteiger partial charge is 0.0644 e. The van der Waals surface area contributed by atoms with Crippen LogP contribution in [0.5, 0.6) is 0 Å². The molecule has 0 saturated carbocycles. The van der Waals surface area contributed by atoms with Crippen molar-refractivity contribution in [1.29, 1.82) is 0 Å². The molecule has 0 fully saturated rings. The highest BCUT2D eigenvalue weighted by Gasteiger charge is 2.11. The van der Waals surface area contributed by atoms with Crippen molar-refractivity contribution in [2.75, 3.05) is 25.1 Å². The molecule has 0 spiro atoms. The Morgan fingerprint density at radius 1 is 1.35 bits per heavy atom. The molecule has 0 radical (unpaired) electrons. The maximum Gasteiger partial charge on any atom is 0.0644 e. The summed E-state index contributed by atoms with van der Waals surface area (Å²) in [4.78, 5) is 2.24. The Morgan fingerprint density at radius 2 is 2.05 bits per heavy atom. The number of hydrogen-bond donors (Lipinski definition) is 1. The van der Waals surface area contributed by atoms with Gasteiger partial charge in [-0.15, -0.1) is 0 Å². The molecule has 0 bridgehead atoms. The molecule has 0 heterocycles. The van der Waals surface area contributed by atoms with Gasteiger partial charge >= 0.3 is 0 Å². The van der Waals surface area contributed by atoms with E-state index in [2.05, 4.69) is 66.8 Å². The number of hydrogen-bond acceptors (Lipinski definition) is 3. The molecule has 1 atom stereocenters. The van der Waals surface area contributed by atoms with Crippen LogP contribution < -0.4 is 10.6 Å². The molecule has 0 aliphatic rings. The molecule has 1 unspecified atom stereocenters. The van der Waals surface area contributed by atoms with Gasteiger partial charge in [0.05, 0.1) is 12.7 Å². The molecule has 4 heteroatoms. The van der Waals surface area contributed by atoms with E-state index >= 15 is 0 Å². The van der Waals surface area contributed by atoms with Crippen molar-refractivity contribution < 1.29 is 4.74 Å². The average molecular weight is 343 g/mol. The lowest BCUT2D eigenvalue weighted by molar-refractivity contribution is 0.0846. The Balaban J connectivity index is 2.76. The number of nitrogens with zero attached hydrogens (tertiary/aromatic N) is 1. The molecule has 3 nitrogen and oxygen atoms in total. The number of halogens is 1. The zero-order chi connectivity index (χ0) is 15.1. The highest BCUT2D eigenvalue weighted by atomic mass is 79.9. The van der Waals surface area contributed by atoms with Gasteiger partial charge in [-0.05, 0) is 50.5 Å². The predicted octanol–water partition coefficient (Wildman–Crippen LogP) is 3.59. The van der Waals surface area contributed by atoms with E-state index in [0.717, 1.165) is 30.5 Å². The van der Waals surface area contributed by atoms with Crippen molar-refractivity contribution in [3.63, 3.8) is 0 Å². The van der Waals surface area contributed by atoms with Crippen LogP contribution in [0.2, 0.25) is 0 Å². The Labute approximate surface area is 131 Å². The normalized spacial score (nSPS) is 12.8. The Bertz CT molecular complexity index is 409. The molecule has 2 N–H and O–H groups in total. The van der Waals surface area contributed by atoms with E-state index in [4.69, 9.17) is 10.5 Å². The zero-order valence-electron chi connectivity index (χ0n) is 13.0. The first kappa shape index (κ1) is 17.5. The van der Waals surface area contributed by atoms with Crippen molar-refractivity contribution in [3.8, 4) is 0 Å². The summed E-state index contributed by atoms with van der Waals surface area (Å²) in [6.45, 7) is 7.87. The molecule has 0 aromatic heterocycles. The van der Waals surface area contributed by atoms with Gasteiger partial charge in [0.15, 0.2) is 0 Å². The third-order valence-corrected chi connectivity index (χ3v) is 3.83. The van der Waals surface area contributed by atoms with E-state index in [1.165, 1.54) is 11.3 Å². The largest absolute Gasteiger partial charge is 0.377 e. The molecule has 0 aliphatic heterocycles. The van der Waals surface area contributed by atoms with Crippen LogP contribution in [0, 0.1) is 0 Å². The van der Waals surface area contributed by atoms with Crippen LogP contribution in [0.3, 0.4) is 0 Å². The van der Waals surface area contributed by atoms with Gasteiger partial charge in [0.25, 0.3) is 0 Å². The summed E-state index contributed by atoms with van der Waals surface area (Å²) in [5, 5.41) is 0. The second-order valence-electron chi connectivity index (χ2n) is 5.49. The lowest BCUT2D eigenvalue weighted by Crippen LogP contribution is -2.27. The predicted molar refractivity (Wildman–Crippen MR) is 90.5 cm³/mol. The van der Waals surface area contributed by atoms with Gasteiger partial charge in [0, 0.05) is 29.8 Å². The fourth-order valence-electron chi connectivity index (χ4n) is 2.06. The van der Waals surface area contributed by atoms with Crippen LogP contribution in [0.4, 0.5) is 5.69 Å². The minimum atomic E-state index is 0.211. The molecule has 1 aromatic rings. The SMILES string of the molecule is CCC(N)Cc1cc(Br)ccc1N(C)CCOC(C)C. The molecular formula is C16H27BrN2O. The summed E-state index contributed by atoms with van der Waals surface area (Å²) in [6, 6.07) is 6.61. The molecule has 0 aliphatic carbocycles. The summed E-state index contributed by atoms with van der Waals surface area (Å²) in [7, 11) is 2.11. The molecule has 20 heavy (non-hydrogen) atoms. The van der Waals surface area contributed by atoms with Gasteiger partial charge in [-0.25, -0.2) is 0 Å². The Morgan fingerprint density at radius 3 is 2.65 bits per heavy atom. The molecule has 0 saturated heterocycles. The van der Waals surface area contributed by atoms with Crippen molar-refractivity contribution in [2.45, 2.75) is 45.8 Å². The van der Waals surface area contributed by atoms with E-state index in [1.54, 1.807) is 0 Å². The van der Waals surface area contributed by atoms with E-state index in [9.17, 15) is 0 Å². The topological polar surface area (TPSA) is 38.5 Å². The van der Waals surface area contributed by atoms with Crippen molar-refractivity contribution in [1.82, 2.24) is 0 Å².